The molecule has 0 amide bonds. The van der Waals surface area contributed by atoms with Gasteiger partial charge in [0, 0.05) is 120 Å². The average Bonchev–Trinajstić information content (AvgIpc) is 1.48. The molecule has 27 rings (SSSR count). The van der Waals surface area contributed by atoms with Crippen LogP contribution in [0.4, 0.5) is 62.6 Å². The monoisotopic (exact) mass is 1610 g/mol. The number of rotatable bonds is 6. The van der Waals surface area contributed by atoms with E-state index >= 15 is 0 Å². The lowest BCUT2D eigenvalue weighted by molar-refractivity contribution is 0.494. The van der Waals surface area contributed by atoms with Gasteiger partial charge in [-0.1, -0.05) is 199 Å². The van der Waals surface area contributed by atoms with Crippen molar-refractivity contribution in [1.82, 2.24) is 13.7 Å². The van der Waals surface area contributed by atoms with Crippen molar-refractivity contribution in [2.75, 3.05) is 20.0 Å². The van der Waals surface area contributed by atoms with Crippen LogP contribution >= 0.6 is 22.7 Å². The zero-order chi connectivity index (χ0) is 81.7. The molecule has 0 unspecified atom stereocenters. The van der Waals surface area contributed by atoms with Crippen LogP contribution < -0.4 is 77.3 Å². The highest BCUT2D eigenvalue weighted by Crippen LogP contribution is 2.55. The maximum atomic E-state index is 7.83. The molecular weight excluding hydrogens is 1540 g/mol. The van der Waals surface area contributed by atoms with E-state index in [1.54, 1.807) is 0 Å². The minimum Gasteiger partial charge on any atom is -0.457 e. The van der Waals surface area contributed by atoms with Crippen LogP contribution in [-0.4, -0.2) is 33.8 Å². The number of aromatic nitrogens is 3. The first-order valence-electron chi connectivity index (χ1n) is 42.9. The van der Waals surface area contributed by atoms with E-state index in [0.29, 0.717) is 0 Å². The molecule has 6 aliphatic heterocycles. The smallest absolute Gasteiger partial charge is 0.268 e. The topological polar surface area (TPSA) is 55.0 Å². The molecule has 0 radical (unpaired) electrons. The Kier molecular flexibility index (Phi) is 14.2. The quantitative estimate of drug-likeness (QED) is 0.167. The zero-order valence-electron chi connectivity index (χ0n) is 69.3. The number of nitrogens with one attached hydrogen (secondary N) is 1. The molecule has 0 bridgehead atoms. The molecule has 6 aliphatic rings. The van der Waals surface area contributed by atoms with Gasteiger partial charge in [-0.3, -0.25) is 0 Å². The Balaban J connectivity index is 0.801. The molecule has 123 heavy (non-hydrogen) atoms. The van der Waals surface area contributed by atoms with E-state index < -0.39 is 0 Å². The number of fused-ring (bicyclic) bond motifs is 25. The van der Waals surface area contributed by atoms with Crippen LogP contribution in [0.5, 0.6) is 23.0 Å². The van der Waals surface area contributed by atoms with E-state index in [2.05, 4.69) is 387 Å². The van der Waals surface area contributed by atoms with Crippen LogP contribution in [0.1, 0.15) is 50.1 Å². The molecule has 5 aromatic heterocycles. The largest absolute Gasteiger partial charge is 0.457 e. The molecule has 9 nitrogen and oxygen atoms in total. The Morgan fingerprint density at radius 3 is 0.967 bits per heavy atom. The Morgan fingerprint density at radius 1 is 0.260 bits per heavy atom. The minimum absolute atomic E-state index is 0.216. The summed E-state index contributed by atoms with van der Waals surface area (Å²) in [6, 6.07) is 111. The molecule has 0 saturated carbocycles. The fourth-order valence-electron chi connectivity index (χ4n) is 23.4. The summed E-state index contributed by atoms with van der Waals surface area (Å²) >= 11 is 3.76. The van der Waals surface area contributed by atoms with Crippen LogP contribution in [0.25, 0.3) is 103 Å². The second-order valence-corrected chi connectivity index (χ2v) is 37.4. The lowest BCUT2D eigenvalue weighted by Gasteiger charge is -2.47. The highest BCUT2D eigenvalue weighted by atomic mass is 32.1. The number of nitrogens with zero attached hydrogens (tertiary/aromatic N) is 6. The fourth-order valence-corrected chi connectivity index (χ4v) is 26.0. The summed E-state index contributed by atoms with van der Waals surface area (Å²) in [6.07, 6.45) is 0. The lowest BCUT2D eigenvalue weighted by Crippen LogP contribution is -2.65. The molecule has 21 aromatic rings. The second-order valence-electron chi connectivity index (χ2n) is 35.2. The van der Waals surface area contributed by atoms with Crippen molar-refractivity contribution < 1.29 is 9.47 Å². The van der Waals surface area contributed by atoms with Gasteiger partial charge in [-0.05, 0) is 231 Å². The summed E-state index contributed by atoms with van der Waals surface area (Å²) in [5, 5.41) is 13.8. The maximum Gasteiger partial charge on any atom is 0.268 e. The van der Waals surface area contributed by atoms with Crippen molar-refractivity contribution in [3.05, 3.63) is 341 Å². The highest BCUT2D eigenvalue weighted by Gasteiger charge is 2.52. The third kappa shape index (κ3) is 9.43. The number of hydrogen-bond donors (Lipinski definition) is 1. The van der Waals surface area contributed by atoms with E-state index in [0.717, 1.165) is 146 Å². The molecule has 1 N–H and O–H groups in total. The van der Waals surface area contributed by atoms with Crippen LogP contribution in [0.15, 0.2) is 291 Å². The van der Waals surface area contributed by atoms with E-state index in [1.807, 2.05) is 22.7 Å². The van der Waals surface area contributed by atoms with Gasteiger partial charge in [-0.25, -0.2) is 0 Å². The fraction of sp³-hybridized carbons (Fsp3) is 0.0826. The Morgan fingerprint density at radius 2 is 0.569 bits per heavy atom. The van der Waals surface area contributed by atoms with Gasteiger partial charge < -0.3 is 43.2 Å². The van der Waals surface area contributed by atoms with Gasteiger partial charge in [0.2, 0.25) is 0 Å². The zero-order valence-corrected chi connectivity index (χ0v) is 70.9. The number of aryl methyl sites for hydroxylation is 9. The Bertz CT molecular complexity index is 8220. The highest BCUT2D eigenvalue weighted by molar-refractivity contribution is 7.34. The number of para-hydroxylation sites is 6. The summed E-state index contributed by atoms with van der Waals surface area (Å²) in [4.78, 5) is 8.12. The molecule has 0 atom stereocenters. The molecule has 0 saturated heterocycles. The standard InChI is InChI=1S/C109H76B3N7O2S2/c1-58-42-61(4)103(62(5)43-58)117-90-56-82-78(111-100-83(113-82)48-67(52-96(100)120-106-76-32-16-24-40-98(76)122-108(106)111)114-84-34-18-10-26-70(84)71-27-11-19-35-85(71)114)54-79(90)110-80-55-81-92(57-91(80)118(104-63(6)44-59(2)45-64(104)7)94-50-68(49-93(117)101(94)110)115-86-36-20-12-28-72(86)73-29-13-21-37-87(73)115)119(105-65(8)46-60(3)47-66(105)9)95-51-69(116-88-38-22-14-30-74(88)75-31-15-23-39-89(75)116)53-97-102(95)112(81)109-107(121-97)77-33-17-25-41-99(77)123-109/h10-57,113H,1-9H3. The van der Waals surface area contributed by atoms with Crippen LogP contribution in [-0.2, 0) is 0 Å². The predicted molar refractivity (Wildman–Crippen MR) is 524 cm³/mol. The van der Waals surface area contributed by atoms with Gasteiger partial charge in [0.15, 0.2) is 0 Å². The van der Waals surface area contributed by atoms with Gasteiger partial charge in [-0.2, -0.15) is 0 Å². The van der Waals surface area contributed by atoms with Crippen molar-refractivity contribution in [2.24, 2.45) is 0 Å². The van der Waals surface area contributed by atoms with Gasteiger partial charge in [0.05, 0.1) is 67.2 Å². The predicted octanol–water partition coefficient (Wildman–Crippen LogP) is 23.3. The molecule has 0 spiro atoms. The summed E-state index contributed by atoms with van der Waals surface area (Å²) in [5.74, 6) is 3.57. The Hall–Kier alpha value is -14.2. The minimum atomic E-state index is -0.357. The van der Waals surface area contributed by atoms with Gasteiger partial charge in [0.1, 0.15) is 23.0 Å². The molecule has 16 aromatic carbocycles. The maximum absolute atomic E-state index is 7.83. The van der Waals surface area contributed by atoms with Crippen molar-refractivity contribution in [2.45, 2.75) is 62.3 Å². The number of hydrogen-bond acceptors (Lipinski definition) is 8. The first-order chi connectivity index (χ1) is 60.2. The summed E-state index contributed by atoms with van der Waals surface area (Å²) in [5.41, 5.74) is 41.7. The number of benzene rings is 16. The lowest BCUT2D eigenvalue weighted by atomic mass is 9.30. The normalized spacial score (nSPS) is 13.7. The average molecular weight is 1610 g/mol. The van der Waals surface area contributed by atoms with Crippen molar-refractivity contribution >= 4 is 239 Å². The third-order valence-corrected chi connectivity index (χ3v) is 30.2. The SMILES string of the molecule is Cc1cc(C)c(N2c3cc4c(cc3B3c5sc6ccccc6c5Oc5cc(-n6c7ccccc7c7ccccc76)cc2c53)B2c3cc5c(cc3N(c3c(C)cc(C)cc3C)c3cc(-n6c7ccccc7c7ccccc76)cc(c32)N4c2c(C)cc(C)cc2C)Nc2cc(-n3c4ccccc4c4ccccc43)cc3c2B5c2sc4ccccc4c2O3)c(C)c1. The van der Waals surface area contributed by atoms with Crippen molar-refractivity contribution in [3.8, 4) is 40.1 Å². The number of ether oxygens (including phenoxy) is 2. The van der Waals surface area contributed by atoms with E-state index in [-0.39, 0.29) is 20.1 Å². The third-order valence-electron chi connectivity index (χ3n) is 27.7. The van der Waals surface area contributed by atoms with Crippen LogP contribution in [0, 0.1) is 62.3 Å². The summed E-state index contributed by atoms with van der Waals surface area (Å²) in [6.45, 7) is 19.9. The van der Waals surface area contributed by atoms with E-state index in [9.17, 15) is 0 Å². The molecule has 0 aliphatic carbocycles. The first-order valence-corrected chi connectivity index (χ1v) is 44.5. The molecule has 14 heteroatoms. The summed E-state index contributed by atoms with van der Waals surface area (Å²) in [7, 11) is 0. The molecule has 11 heterocycles. The van der Waals surface area contributed by atoms with Crippen molar-refractivity contribution in [3.63, 3.8) is 0 Å². The molecule has 0 fully saturated rings. The number of thiophene rings is 2. The van der Waals surface area contributed by atoms with E-state index in [4.69, 9.17) is 9.47 Å². The van der Waals surface area contributed by atoms with Gasteiger partial charge >= 0.3 is 0 Å². The number of anilines is 11. The van der Waals surface area contributed by atoms with Crippen LogP contribution in [0.2, 0.25) is 0 Å². The molecule has 580 valence electrons. The molecular formula is C109H76B3N7O2S2. The second kappa shape index (κ2) is 25.0. The van der Waals surface area contributed by atoms with Gasteiger partial charge in [0.25, 0.3) is 20.1 Å². The van der Waals surface area contributed by atoms with E-state index in [1.165, 1.54) is 140 Å². The Labute approximate surface area is 720 Å². The van der Waals surface area contributed by atoms with Gasteiger partial charge in [-0.15, -0.1) is 22.7 Å². The first kappa shape index (κ1) is 69.6. The van der Waals surface area contributed by atoms with Crippen molar-refractivity contribution in [1.29, 1.82) is 0 Å². The van der Waals surface area contributed by atoms with Crippen LogP contribution in [0.3, 0.4) is 0 Å². The summed E-state index contributed by atoms with van der Waals surface area (Å²) < 4.78 is 27.7.